The number of guanidine groups is 1. The molecule has 32 heavy (non-hydrogen) atoms. The molecule has 186 valence electrons. The Morgan fingerprint density at radius 2 is 1.47 bits per heavy atom. The second-order valence-corrected chi connectivity index (χ2v) is 7.80. The molecule has 0 heterocycles. The molecule has 0 rings (SSSR count). The molecule has 0 aromatic heterocycles. The maximum Gasteiger partial charge on any atom is 0.320 e. The van der Waals surface area contributed by atoms with Crippen molar-refractivity contribution >= 4 is 17.9 Å². The third kappa shape index (κ3) is 29.8. The van der Waals surface area contributed by atoms with E-state index >= 15 is 0 Å². The van der Waals surface area contributed by atoms with Crippen LogP contribution in [0.2, 0.25) is 0 Å². The molecule has 8 heteroatoms. The highest BCUT2D eigenvalue weighted by Crippen LogP contribution is 2.08. The average Bonchev–Trinajstić information content (AvgIpc) is 2.74. The lowest BCUT2D eigenvalue weighted by molar-refractivity contribution is -0.139. The molecule has 0 fully saturated rings. The zero-order valence-corrected chi connectivity index (χ0v) is 19.9. The Kier molecular flexibility index (Phi) is 24.8. The molecule has 0 unspecified atom stereocenters. The van der Waals surface area contributed by atoms with Gasteiger partial charge in [0.25, 0.3) is 0 Å². The summed E-state index contributed by atoms with van der Waals surface area (Å²) >= 11 is 0. The van der Waals surface area contributed by atoms with Gasteiger partial charge in [-0.1, -0.05) is 63.3 Å². The van der Waals surface area contributed by atoms with Gasteiger partial charge in [0.1, 0.15) is 6.04 Å². The number of rotatable bonds is 19. The Morgan fingerprint density at radius 1 is 0.906 bits per heavy atom. The van der Waals surface area contributed by atoms with Crippen LogP contribution in [-0.2, 0) is 9.59 Å². The summed E-state index contributed by atoms with van der Waals surface area (Å²) in [6.07, 6.45) is 23.3. The van der Waals surface area contributed by atoms with Gasteiger partial charge in [0.15, 0.2) is 5.96 Å². The number of carboxylic acids is 2. The first kappa shape index (κ1) is 31.8. The molecule has 0 bridgehead atoms. The molecule has 0 amide bonds. The van der Waals surface area contributed by atoms with Crippen molar-refractivity contribution in [3.63, 3.8) is 0 Å². The van der Waals surface area contributed by atoms with Gasteiger partial charge >= 0.3 is 11.9 Å². The molecule has 0 aromatic rings. The number of carboxylic acid groups (broad SMARTS) is 2. The van der Waals surface area contributed by atoms with Crippen molar-refractivity contribution in [2.24, 2.45) is 11.5 Å². The van der Waals surface area contributed by atoms with Gasteiger partial charge in [-0.2, -0.15) is 0 Å². The molecule has 0 spiro atoms. The first-order valence-corrected chi connectivity index (χ1v) is 11.9. The van der Waals surface area contributed by atoms with E-state index in [1.165, 1.54) is 44.9 Å². The number of nitrogens with one attached hydrogen (secondary N) is 2. The topological polar surface area (TPSA) is 163 Å². The third-order valence-electron chi connectivity index (χ3n) is 4.67. The molecule has 0 aromatic carbocycles. The average molecular weight is 455 g/mol. The van der Waals surface area contributed by atoms with Crippen molar-refractivity contribution in [3.8, 4) is 0 Å². The summed E-state index contributed by atoms with van der Waals surface area (Å²) in [5.41, 5.74) is 10.2. The minimum atomic E-state index is -1.00. The Hall–Kier alpha value is -2.35. The number of nitrogens with two attached hydrogens (primary N) is 2. The minimum absolute atomic E-state index is 0.112. The van der Waals surface area contributed by atoms with Crippen LogP contribution in [0.15, 0.2) is 24.3 Å². The van der Waals surface area contributed by atoms with Crippen LogP contribution in [0.4, 0.5) is 0 Å². The predicted molar refractivity (Wildman–Crippen MR) is 132 cm³/mol. The van der Waals surface area contributed by atoms with E-state index in [1.807, 2.05) is 0 Å². The second kappa shape index (κ2) is 24.9. The molecule has 8 N–H and O–H groups in total. The Labute approximate surface area is 194 Å². The number of hydrogen-bond acceptors (Lipinski definition) is 4. The Balaban J connectivity index is 0. The van der Waals surface area contributed by atoms with Gasteiger partial charge in [-0.3, -0.25) is 15.0 Å². The number of hydrogen-bond donors (Lipinski definition) is 6. The number of carbonyl (C=O) groups is 2. The monoisotopic (exact) mass is 454 g/mol. The van der Waals surface area contributed by atoms with Crippen LogP contribution in [-0.4, -0.2) is 40.7 Å². The van der Waals surface area contributed by atoms with Gasteiger partial charge in [-0.05, 0) is 51.4 Å². The summed E-state index contributed by atoms with van der Waals surface area (Å²) < 4.78 is 0. The van der Waals surface area contributed by atoms with E-state index in [1.54, 1.807) is 0 Å². The Morgan fingerprint density at radius 3 is 2.00 bits per heavy atom. The maximum absolute atomic E-state index is 10.3. The molecule has 8 nitrogen and oxygen atoms in total. The van der Waals surface area contributed by atoms with E-state index in [0.29, 0.717) is 25.8 Å². The summed E-state index contributed by atoms with van der Waals surface area (Å²) in [5, 5.41) is 26.2. The standard InChI is InChI=1S/C18H32O2.C6H14N4O2/c1-2-3-4-5-6-7-8-9-10-11-12-13-14-15-16-17-18(19)20;7-4(5(11)12)2-1-3-10-6(8)9/h6-7,9-10H,2-5,8,11-17H2,1H3,(H,19,20);4H,1-3,7H2,(H,11,12)(H4,8,9,10)/b7-6-,10-9-;/t;4-/m.0/s1. The van der Waals surface area contributed by atoms with Gasteiger partial charge in [0, 0.05) is 13.0 Å². The summed E-state index contributed by atoms with van der Waals surface area (Å²) in [4.78, 5) is 20.5. The van der Waals surface area contributed by atoms with Crippen LogP contribution in [0, 0.1) is 5.41 Å². The summed E-state index contributed by atoms with van der Waals surface area (Å²) in [6, 6.07) is -0.821. The van der Waals surface area contributed by atoms with Crippen LogP contribution in [0.25, 0.3) is 0 Å². The zero-order valence-electron chi connectivity index (χ0n) is 19.9. The van der Waals surface area contributed by atoms with Crippen LogP contribution in [0.3, 0.4) is 0 Å². The Bertz CT molecular complexity index is 536. The van der Waals surface area contributed by atoms with Gasteiger partial charge in [-0.15, -0.1) is 0 Å². The van der Waals surface area contributed by atoms with Crippen LogP contribution in [0.1, 0.15) is 96.8 Å². The fourth-order valence-electron chi connectivity index (χ4n) is 2.76. The smallest absolute Gasteiger partial charge is 0.320 e. The van der Waals surface area contributed by atoms with E-state index in [0.717, 1.165) is 25.7 Å². The molecule has 0 saturated carbocycles. The minimum Gasteiger partial charge on any atom is -0.481 e. The first-order chi connectivity index (χ1) is 15.3. The normalized spacial score (nSPS) is 11.8. The van der Waals surface area contributed by atoms with Crippen molar-refractivity contribution in [2.75, 3.05) is 6.54 Å². The molecule has 0 aliphatic rings. The highest BCUT2D eigenvalue weighted by atomic mass is 16.4. The largest absolute Gasteiger partial charge is 0.481 e. The molecule has 0 aliphatic carbocycles. The SMILES string of the molecule is CCCCC/C=C\C/C=C\CCCCCCCC(=O)O.N=C(N)NCCC[C@H](N)C(=O)O. The fraction of sp³-hybridized carbons (Fsp3) is 0.708. The van der Waals surface area contributed by atoms with Crippen LogP contribution >= 0.6 is 0 Å². The van der Waals surface area contributed by atoms with Gasteiger partial charge in [0.2, 0.25) is 0 Å². The van der Waals surface area contributed by atoms with E-state index in [9.17, 15) is 9.59 Å². The van der Waals surface area contributed by atoms with Gasteiger partial charge in [0.05, 0.1) is 0 Å². The van der Waals surface area contributed by atoms with Crippen molar-refractivity contribution in [1.82, 2.24) is 5.32 Å². The number of allylic oxidation sites excluding steroid dienone is 4. The predicted octanol–water partition coefficient (Wildman–Crippen LogP) is 4.55. The molecule has 1 atom stereocenters. The number of aliphatic carboxylic acids is 2. The maximum atomic E-state index is 10.3. The lowest BCUT2D eigenvalue weighted by atomic mass is 10.1. The lowest BCUT2D eigenvalue weighted by Crippen LogP contribution is -2.34. The zero-order chi connectivity index (χ0) is 24.5. The van der Waals surface area contributed by atoms with Crippen LogP contribution < -0.4 is 16.8 Å². The summed E-state index contributed by atoms with van der Waals surface area (Å²) in [7, 11) is 0. The quantitative estimate of drug-likeness (QED) is 0.0721. The third-order valence-corrected chi connectivity index (χ3v) is 4.67. The van der Waals surface area contributed by atoms with Gasteiger partial charge in [-0.25, -0.2) is 0 Å². The van der Waals surface area contributed by atoms with E-state index in [4.69, 9.17) is 27.1 Å². The highest BCUT2D eigenvalue weighted by molar-refractivity contribution is 5.74. The molecule has 0 saturated heterocycles. The van der Waals surface area contributed by atoms with E-state index in [2.05, 4.69) is 36.5 Å². The van der Waals surface area contributed by atoms with E-state index in [-0.39, 0.29) is 5.96 Å². The van der Waals surface area contributed by atoms with Gasteiger partial charge < -0.3 is 27.0 Å². The second-order valence-electron chi connectivity index (χ2n) is 7.80. The van der Waals surface area contributed by atoms with Crippen molar-refractivity contribution in [1.29, 1.82) is 5.41 Å². The number of unbranched alkanes of at least 4 members (excludes halogenated alkanes) is 8. The van der Waals surface area contributed by atoms with Crippen molar-refractivity contribution < 1.29 is 19.8 Å². The molecular weight excluding hydrogens is 408 g/mol. The van der Waals surface area contributed by atoms with Crippen molar-refractivity contribution in [2.45, 2.75) is 103 Å². The highest BCUT2D eigenvalue weighted by Gasteiger charge is 2.09. The molecule has 0 radical (unpaired) electrons. The summed E-state index contributed by atoms with van der Waals surface area (Å²) in [6.45, 7) is 2.72. The summed E-state index contributed by atoms with van der Waals surface area (Å²) in [5.74, 6) is -1.78. The fourth-order valence-corrected chi connectivity index (χ4v) is 2.76. The van der Waals surface area contributed by atoms with E-state index < -0.39 is 18.0 Å². The van der Waals surface area contributed by atoms with Crippen molar-refractivity contribution in [3.05, 3.63) is 24.3 Å². The molecular formula is C24H46N4O4. The van der Waals surface area contributed by atoms with Crippen LogP contribution in [0.5, 0.6) is 0 Å². The lowest BCUT2D eigenvalue weighted by Gasteiger charge is -2.06. The molecule has 0 aliphatic heterocycles. The first-order valence-electron chi connectivity index (χ1n) is 11.9.